The first-order chi connectivity index (χ1) is 16.9. The maximum atomic E-state index is 12.6. The lowest BCUT2D eigenvalue weighted by atomic mass is 9.91. The molecular formula is C29H47NO6. The number of allylic oxidation sites excluding steroid dienone is 2. The number of aliphatic hydroxyl groups is 2. The summed E-state index contributed by atoms with van der Waals surface area (Å²) < 4.78 is 11.2. The summed E-state index contributed by atoms with van der Waals surface area (Å²) in [7, 11) is 0. The molecular weight excluding hydrogens is 458 g/mol. The van der Waals surface area contributed by atoms with Crippen molar-refractivity contribution in [2.75, 3.05) is 0 Å². The molecule has 8 unspecified atom stereocenters. The molecule has 2 aliphatic heterocycles. The number of nitrogens with one attached hydrogen (secondary N) is 1. The third kappa shape index (κ3) is 10.2. The standard InChI is InChI=1S/C29H47NO6/c1-7-24(32)21(4)28-25(36-28)18-29(6,34)17-11-12-19(2)27-20(3)15-16-23(35-22(5)31)13-9-8-10-14-26(33)30-27/h11-12,15-17,20-21,23-25,27-28,32,34H,7-10,13-14,18H2,1-6H3,(H,30,33)/b16-15+,17-11+,19-12+. The second-order valence-electron chi connectivity index (χ2n) is 10.8. The third-order valence-electron chi connectivity index (χ3n) is 7.27. The molecule has 0 aliphatic carbocycles. The zero-order chi connectivity index (χ0) is 26.9. The summed E-state index contributed by atoms with van der Waals surface area (Å²) in [6.07, 6.45) is 13.7. The van der Waals surface area contributed by atoms with Gasteiger partial charge in [0, 0.05) is 25.7 Å². The van der Waals surface area contributed by atoms with Gasteiger partial charge in [-0.1, -0.05) is 57.1 Å². The molecule has 7 heteroatoms. The van der Waals surface area contributed by atoms with Gasteiger partial charge in [0.2, 0.25) is 5.91 Å². The number of esters is 1. The van der Waals surface area contributed by atoms with Crippen LogP contribution in [0.3, 0.4) is 0 Å². The Labute approximate surface area is 217 Å². The highest BCUT2D eigenvalue weighted by Gasteiger charge is 2.47. The van der Waals surface area contributed by atoms with E-state index in [1.54, 1.807) is 13.0 Å². The molecule has 0 aromatic heterocycles. The Bertz CT molecular complexity index is 817. The molecule has 0 saturated carbocycles. The summed E-state index contributed by atoms with van der Waals surface area (Å²) in [5.41, 5.74) is -0.0834. The Morgan fingerprint density at radius 1 is 1.31 bits per heavy atom. The zero-order valence-electron chi connectivity index (χ0n) is 22.9. The molecule has 204 valence electrons. The van der Waals surface area contributed by atoms with Crippen LogP contribution in [-0.2, 0) is 19.1 Å². The number of carbonyl (C=O) groups is 2. The maximum Gasteiger partial charge on any atom is 0.303 e. The number of amides is 1. The minimum atomic E-state index is -1.05. The van der Waals surface area contributed by atoms with Crippen LogP contribution in [0.2, 0.25) is 0 Å². The second kappa shape index (κ2) is 14.1. The average Bonchev–Trinajstić information content (AvgIpc) is 3.55. The van der Waals surface area contributed by atoms with Crippen LogP contribution in [0.4, 0.5) is 0 Å². The number of rotatable bonds is 9. The highest BCUT2D eigenvalue weighted by molar-refractivity contribution is 5.76. The molecule has 0 bridgehead atoms. The van der Waals surface area contributed by atoms with Gasteiger partial charge < -0.3 is 25.0 Å². The lowest BCUT2D eigenvalue weighted by molar-refractivity contribution is -0.144. The lowest BCUT2D eigenvalue weighted by Gasteiger charge is -2.25. The Kier molecular flexibility index (Phi) is 11.9. The van der Waals surface area contributed by atoms with Crippen molar-refractivity contribution in [1.82, 2.24) is 5.32 Å². The topological polar surface area (TPSA) is 108 Å². The number of ether oxygens (including phenoxy) is 2. The van der Waals surface area contributed by atoms with Crippen molar-refractivity contribution >= 4 is 11.9 Å². The SMILES string of the molecule is CCC(O)C(C)C1OC1CC(C)(O)/C=C/C=C(\C)C1NC(=O)CCCCCC(OC(C)=O)/C=C/C1C. The zero-order valence-corrected chi connectivity index (χ0v) is 22.9. The Balaban J connectivity index is 2.06. The van der Waals surface area contributed by atoms with Crippen molar-refractivity contribution < 1.29 is 29.3 Å². The summed E-state index contributed by atoms with van der Waals surface area (Å²) in [6.45, 7) is 11.1. The molecule has 0 spiro atoms. The van der Waals surface area contributed by atoms with Crippen LogP contribution in [0.25, 0.3) is 0 Å². The second-order valence-corrected chi connectivity index (χ2v) is 10.8. The summed E-state index contributed by atoms with van der Waals surface area (Å²) in [5, 5.41) is 24.1. The van der Waals surface area contributed by atoms with E-state index in [-0.39, 0.29) is 48.1 Å². The summed E-state index contributed by atoms with van der Waals surface area (Å²) in [5.74, 6) is -0.229. The first kappa shape index (κ1) is 30.3. The van der Waals surface area contributed by atoms with Crippen LogP contribution in [0.5, 0.6) is 0 Å². The van der Waals surface area contributed by atoms with E-state index in [1.165, 1.54) is 6.92 Å². The molecule has 1 fully saturated rings. The first-order valence-corrected chi connectivity index (χ1v) is 13.5. The number of carbonyl (C=O) groups excluding carboxylic acids is 2. The van der Waals surface area contributed by atoms with Crippen molar-refractivity contribution in [1.29, 1.82) is 0 Å². The molecule has 2 heterocycles. The van der Waals surface area contributed by atoms with Gasteiger partial charge in [-0.25, -0.2) is 0 Å². The van der Waals surface area contributed by atoms with Crippen molar-refractivity contribution in [2.45, 2.75) is 123 Å². The van der Waals surface area contributed by atoms with Gasteiger partial charge >= 0.3 is 5.97 Å². The van der Waals surface area contributed by atoms with Crippen molar-refractivity contribution in [3.8, 4) is 0 Å². The van der Waals surface area contributed by atoms with Crippen LogP contribution >= 0.6 is 0 Å². The molecule has 3 N–H and O–H groups in total. The number of hydrogen-bond donors (Lipinski definition) is 3. The number of aliphatic hydroxyl groups excluding tert-OH is 1. The van der Waals surface area contributed by atoms with Gasteiger partial charge in [-0.2, -0.15) is 0 Å². The fourth-order valence-electron chi connectivity index (χ4n) is 4.89. The van der Waals surface area contributed by atoms with E-state index in [0.717, 1.165) is 31.3 Å². The highest BCUT2D eigenvalue weighted by atomic mass is 16.6. The summed E-state index contributed by atoms with van der Waals surface area (Å²) >= 11 is 0. The molecule has 7 nitrogen and oxygen atoms in total. The fraction of sp³-hybridized carbons (Fsp3) is 0.724. The largest absolute Gasteiger partial charge is 0.458 e. The van der Waals surface area contributed by atoms with Crippen molar-refractivity contribution in [3.63, 3.8) is 0 Å². The van der Waals surface area contributed by atoms with Gasteiger partial charge in [-0.3, -0.25) is 9.59 Å². The summed E-state index contributed by atoms with van der Waals surface area (Å²) in [6, 6.07) is -0.215. The van der Waals surface area contributed by atoms with E-state index in [1.807, 2.05) is 52.0 Å². The van der Waals surface area contributed by atoms with Gasteiger partial charge in [0.1, 0.15) is 6.10 Å². The first-order valence-electron chi connectivity index (χ1n) is 13.5. The van der Waals surface area contributed by atoms with Crippen LogP contribution in [0, 0.1) is 11.8 Å². The predicted octanol–water partition coefficient (Wildman–Crippen LogP) is 4.38. The minimum Gasteiger partial charge on any atom is -0.458 e. The van der Waals surface area contributed by atoms with Gasteiger partial charge in [0.05, 0.1) is 30.0 Å². The molecule has 2 rings (SSSR count). The molecule has 0 aromatic rings. The van der Waals surface area contributed by atoms with E-state index >= 15 is 0 Å². The van der Waals surface area contributed by atoms with E-state index in [9.17, 15) is 19.8 Å². The highest BCUT2D eigenvalue weighted by Crippen LogP contribution is 2.37. The van der Waals surface area contributed by atoms with Crippen LogP contribution < -0.4 is 5.32 Å². The van der Waals surface area contributed by atoms with Gasteiger partial charge in [-0.05, 0) is 51.5 Å². The monoisotopic (exact) mass is 505 g/mol. The normalized spacial score (nSPS) is 32.4. The molecule has 0 aromatic carbocycles. The lowest BCUT2D eigenvalue weighted by Crippen LogP contribution is -2.40. The molecule has 0 radical (unpaired) electrons. The number of hydrogen-bond acceptors (Lipinski definition) is 6. The van der Waals surface area contributed by atoms with Gasteiger partial charge in [-0.15, -0.1) is 0 Å². The van der Waals surface area contributed by atoms with E-state index in [2.05, 4.69) is 5.32 Å². The molecule has 8 atom stereocenters. The Morgan fingerprint density at radius 2 is 2.03 bits per heavy atom. The van der Waals surface area contributed by atoms with Crippen LogP contribution in [0.15, 0.2) is 36.0 Å². The smallest absolute Gasteiger partial charge is 0.303 e. The quantitative estimate of drug-likeness (QED) is 0.186. The summed E-state index contributed by atoms with van der Waals surface area (Å²) in [4.78, 5) is 24.0. The van der Waals surface area contributed by atoms with Crippen LogP contribution in [-0.4, -0.2) is 58.1 Å². The third-order valence-corrected chi connectivity index (χ3v) is 7.27. The van der Waals surface area contributed by atoms with E-state index in [4.69, 9.17) is 9.47 Å². The van der Waals surface area contributed by atoms with Gasteiger partial charge in [0.15, 0.2) is 0 Å². The van der Waals surface area contributed by atoms with E-state index in [0.29, 0.717) is 19.3 Å². The Hall–Kier alpha value is -1.96. The maximum absolute atomic E-state index is 12.6. The molecule has 2 aliphatic rings. The Morgan fingerprint density at radius 3 is 2.69 bits per heavy atom. The van der Waals surface area contributed by atoms with Gasteiger partial charge in [0.25, 0.3) is 0 Å². The number of epoxide rings is 1. The predicted molar refractivity (Wildman–Crippen MR) is 141 cm³/mol. The van der Waals surface area contributed by atoms with E-state index < -0.39 is 11.7 Å². The average molecular weight is 506 g/mol. The van der Waals surface area contributed by atoms with Crippen molar-refractivity contribution in [2.24, 2.45) is 11.8 Å². The molecule has 36 heavy (non-hydrogen) atoms. The molecule has 1 saturated heterocycles. The van der Waals surface area contributed by atoms with Crippen molar-refractivity contribution in [3.05, 3.63) is 36.0 Å². The van der Waals surface area contributed by atoms with Crippen LogP contribution in [0.1, 0.15) is 86.5 Å². The molecule has 1 amide bonds. The minimum absolute atomic E-state index is 0.0105. The fourth-order valence-corrected chi connectivity index (χ4v) is 4.89.